The summed E-state index contributed by atoms with van der Waals surface area (Å²) in [6.07, 6.45) is 4.76. The summed E-state index contributed by atoms with van der Waals surface area (Å²) in [5.74, 6) is -0.395. The molecule has 0 N–H and O–H groups in total. The van der Waals surface area contributed by atoms with Gasteiger partial charge in [-0.2, -0.15) is 0 Å². The number of nitrogens with zero attached hydrogens (tertiary/aromatic N) is 3. The summed E-state index contributed by atoms with van der Waals surface area (Å²) >= 11 is 0. The second kappa shape index (κ2) is 7.65. The van der Waals surface area contributed by atoms with Crippen molar-refractivity contribution in [1.82, 2.24) is 0 Å². The summed E-state index contributed by atoms with van der Waals surface area (Å²) in [7, 11) is 3.90. The summed E-state index contributed by atoms with van der Waals surface area (Å²) in [5, 5.41) is 10.8. The van der Waals surface area contributed by atoms with Gasteiger partial charge in [-0.1, -0.05) is 24.3 Å². The number of nitro groups is 1. The highest BCUT2D eigenvalue weighted by Gasteiger charge is 2.21. The van der Waals surface area contributed by atoms with Crippen molar-refractivity contribution in [1.29, 1.82) is 0 Å². The lowest BCUT2D eigenvalue weighted by atomic mass is 10.1. The number of cyclic esters (lactones) is 1. The van der Waals surface area contributed by atoms with Gasteiger partial charge in [0.15, 0.2) is 5.70 Å². The molecule has 136 valence electrons. The van der Waals surface area contributed by atoms with Crippen LogP contribution in [0.1, 0.15) is 11.1 Å². The van der Waals surface area contributed by atoms with Gasteiger partial charge >= 0.3 is 5.97 Å². The molecule has 27 heavy (non-hydrogen) atoms. The Balaban J connectivity index is 1.77. The Hall–Kier alpha value is -3.74. The van der Waals surface area contributed by atoms with E-state index in [2.05, 4.69) is 4.99 Å². The molecule has 0 bridgehead atoms. The van der Waals surface area contributed by atoms with E-state index in [0.29, 0.717) is 5.56 Å². The second-order valence-corrected chi connectivity index (χ2v) is 6.04. The molecule has 0 unspecified atom stereocenters. The van der Waals surface area contributed by atoms with Crippen LogP contribution in [0, 0.1) is 10.1 Å². The lowest BCUT2D eigenvalue weighted by Gasteiger charge is -2.11. The monoisotopic (exact) mass is 363 g/mol. The van der Waals surface area contributed by atoms with Crippen LogP contribution in [0.15, 0.2) is 65.3 Å². The highest BCUT2D eigenvalue weighted by atomic mass is 16.6. The molecule has 3 rings (SSSR count). The third kappa shape index (κ3) is 4.46. The molecule has 0 amide bonds. The summed E-state index contributed by atoms with van der Waals surface area (Å²) in [6, 6.07) is 13.8. The fraction of sp³-hybridized carbons (Fsp3) is 0.100. The lowest BCUT2D eigenvalue weighted by molar-refractivity contribution is -0.384. The molecule has 7 nitrogen and oxygen atoms in total. The van der Waals surface area contributed by atoms with Gasteiger partial charge in [-0.25, -0.2) is 9.79 Å². The van der Waals surface area contributed by atoms with Crippen LogP contribution < -0.4 is 4.90 Å². The number of non-ortho nitro benzene ring substituents is 1. The minimum absolute atomic E-state index is 0.00994. The number of ether oxygens (including phenoxy) is 1. The van der Waals surface area contributed by atoms with Crippen LogP contribution in [0.2, 0.25) is 0 Å². The van der Waals surface area contributed by atoms with Crippen molar-refractivity contribution in [3.63, 3.8) is 0 Å². The lowest BCUT2D eigenvalue weighted by Crippen LogP contribution is -2.07. The SMILES string of the molecule is CN(C)c1ccc(C=C2N=C(C=Cc3cccc([N+](=O)[O-])c3)OC2=O)cc1. The maximum atomic E-state index is 12.0. The first-order valence-electron chi connectivity index (χ1n) is 8.15. The Morgan fingerprint density at radius 2 is 1.81 bits per heavy atom. The third-order valence-corrected chi connectivity index (χ3v) is 3.85. The van der Waals surface area contributed by atoms with Gasteiger partial charge < -0.3 is 9.64 Å². The molecule has 0 saturated heterocycles. The molecule has 1 heterocycles. The minimum Gasteiger partial charge on any atom is -0.403 e. The summed E-state index contributed by atoms with van der Waals surface area (Å²) in [4.78, 5) is 28.5. The van der Waals surface area contributed by atoms with E-state index in [-0.39, 0.29) is 17.3 Å². The van der Waals surface area contributed by atoms with E-state index < -0.39 is 10.9 Å². The zero-order valence-corrected chi connectivity index (χ0v) is 14.8. The number of anilines is 1. The first kappa shape index (κ1) is 18.1. The molecule has 1 aliphatic rings. The van der Waals surface area contributed by atoms with Crippen molar-refractivity contribution in [3.05, 3.63) is 81.5 Å². The number of hydrogen-bond donors (Lipinski definition) is 0. The van der Waals surface area contributed by atoms with Gasteiger partial charge in [-0.15, -0.1) is 0 Å². The quantitative estimate of drug-likeness (QED) is 0.350. The molecule has 0 fully saturated rings. The maximum absolute atomic E-state index is 12.0. The molecular weight excluding hydrogens is 346 g/mol. The van der Waals surface area contributed by atoms with Crippen molar-refractivity contribution in [2.75, 3.05) is 19.0 Å². The molecule has 0 aliphatic carbocycles. The number of benzene rings is 2. The van der Waals surface area contributed by atoms with Crippen molar-refractivity contribution in [2.24, 2.45) is 4.99 Å². The Morgan fingerprint density at radius 3 is 2.48 bits per heavy atom. The largest absolute Gasteiger partial charge is 0.403 e. The van der Waals surface area contributed by atoms with Gasteiger partial charge in [0.2, 0.25) is 5.90 Å². The molecule has 0 saturated carbocycles. The van der Waals surface area contributed by atoms with E-state index >= 15 is 0 Å². The highest BCUT2D eigenvalue weighted by molar-refractivity contribution is 6.11. The van der Waals surface area contributed by atoms with Crippen LogP contribution in [0.25, 0.3) is 12.2 Å². The topological polar surface area (TPSA) is 85.0 Å². The van der Waals surface area contributed by atoms with Gasteiger partial charge in [0.25, 0.3) is 5.69 Å². The second-order valence-electron chi connectivity index (χ2n) is 6.04. The van der Waals surface area contributed by atoms with Gasteiger partial charge in [-0.3, -0.25) is 10.1 Å². The molecule has 2 aromatic carbocycles. The molecule has 1 aliphatic heterocycles. The predicted octanol–water partition coefficient (Wildman–Crippen LogP) is 3.67. The number of hydrogen-bond acceptors (Lipinski definition) is 6. The Morgan fingerprint density at radius 1 is 1.07 bits per heavy atom. The van der Waals surface area contributed by atoms with Crippen LogP contribution in [-0.4, -0.2) is 30.9 Å². The number of rotatable bonds is 5. The van der Waals surface area contributed by atoms with E-state index in [4.69, 9.17) is 4.74 Å². The van der Waals surface area contributed by atoms with E-state index in [1.807, 2.05) is 43.3 Å². The van der Waals surface area contributed by atoms with E-state index in [1.165, 1.54) is 18.2 Å². The van der Waals surface area contributed by atoms with Crippen LogP contribution in [0.4, 0.5) is 11.4 Å². The smallest absolute Gasteiger partial charge is 0.363 e. The third-order valence-electron chi connectivity index (χ3n) is 3.85. The predicted molar refractivity (Wildman–Crippen MR) is 104 cm³/mol. The van der Waals surface area contributed by atoms with Crippen LogP contribution in [-0.2, 0) is 9.53 Å². The van der Waals surface area contributed by atoms with Gasteiger partial charge in [0.05, 0.1) is 4.92 Å². The Kier molecular flexibility index (Phi) is 5.12. The average molecular weight is 363 g/mol. The van der Waals surface area contributed by atoms with Crippen LogP contribution in [0.3, 0.4) is 0 Å². The first-order valence-corrected chi connectivity index (χ1v) is 8.15. The highest BCUT2D eigenvalue weighted by Crippen LogP contribution is 2.19. The van der Waals surface area contributed by atoms with E-state index in [9.17, 15) is 14.9 Å². The Labute approximate surface area is 156 Å². The molecule has 0 atom stereocenters. The van der Waals surface area contributed by atoms with Crippen molar-refractivity contribution >= 4 is 35.4 Å². The first-order chi connectivity index (χ1) is 12.9. The van der Waals surface area contributed by atoms with Crippen molar-refractivity contribution in [2.45, 2.75) is 0 Å². The number of esters is 1. The van der Waals surface area contributed by atoms with Crippen LogP contribution in [0.5, 0.6) is 0 Å². The number of carbonyl (C=O) groups is 1. The zero-order chi connectivity index (χ0) is 19.4. The maximum Gasteiger partial charge on any atom is 0.363 e. The van der Waals surface area contributed by atoms with Gasteiger partial charge in [0, 0.05) is 38.0 Å². The van der Waals surface area contributed by atoms with Gasteiger partial charge in [-0.05, 0) is 35.4 Å². The molecule has 0 aromatic heterocycles. The van der Waals surface area contributed by atoms with Crippen molar-refractivity contribution in [3.8, 4) is 0 Å². The fourth-order valence-electron chi connectivity index (χ4n) is 2.43. The minimum atomic E-state index is -0.537. The molecular formula is C20H17N3O4. The normalized spacial score (nSPS) is 15.1. The summed E-state index contributed by atoms with van der Waals surface area (Å²) in [6.45, 7) is 0. The fourth-order valence-corrected chi connectivity index (χ4v) is 2.43. The summed E-state index contributed by atoms with van der Waals surface area (Å²) < 4.78 is 5.12. The Bertz CT molecular complexity index is 973. The van der Waals surface area contributed by atoms with Crippen LogP contribution >= 0.6 is 0 Å². The standard InChI is InChI=1S/C20H17N3O4/c1-22(2)16-9-6-15(7-10-16)13-18-20(24)27-19(21-18)11-8-14-4-3-5-17(12-14)23(25)26/h3-13H,1-2H3. The molecule has 2 aromatic rings. The van der Waals surface area contributed by atoms with E-state index in [0.717, 1.165) is 11.3 Å². The molecule has 0 radical (unpaired) electrons. The summed E-state index contributed by atoms with van der Waals surface area (Å²) in [5.41, 5.74) is 2.69. The van der Waals surface area contributed by atoms with Gasteiger partial charge in [0.1, 0.15) is 0 Å². The molecule has 7 heteroatoms. The van der Waals surface area contributed by atoms with E-state index in [1.54, 1.807) is 24.3 Å². The number of aliphatic imine (C=N–C) groups is 1. The molecule has 0 spiro atoms. The van der Waals surface area contributed by atoms with Crippen molar-refractivity contribution < 1.29 is 14.5 Å². The average Bonchev–Trinajstić information content (AvgIpc) is 3.00. The number of carbonyl (C=O) groups excluding carboxylic acids is 1. The zero-order valence-electron chi connectivity index (χ0n) is 14.8. The number of nitro benzene ring substituents is 1.